The number of nitrogens with one attached hydrogen (secondary N) is 1. The number of ether oxygens (including phenoxy) is 3. The van der Waals surface area contributed by atoms with E-state index in [-0.39, 0.29) is 0 Å². The second-order valence-corrected chi connectivity index (χ2v) is 6.95. The van der Waals surface area contributed by atoms with Crippen LogP contribution in [0.5, 0.6) is 11.5 Å². The maximum atomic E-state index is 5.60. The zero-order valence-corrected chi connectivity index (χ0v) is 17.8. The van der Waals surface area contributed by atoms with Crippen LogP contribution in [0.3, 0.4) is 0 Å². The third kappa shape index (κ3) is 5.01. The third-order valence-corrected chi connectivity index (χ3v) is 5.25. The summed E-state index contributed by atoms with van der Waals surface area (Å²) < 4.78 is 16.5. The van der Waals surface area contributed by atoms with Gasteiger partial charge in [0.05, 0.1) is 20.8 Å². The van der Waals surface area contributed by atoms with Crippen molar-refractivity contribution in [1.29, 1.82) is 0 Å². The van der Waals surface area contributed by atoms with Crippen LogP contribution in [0, 0.1) is 0 Å². The Morgan fingerprint density at radius 2 is 1.76 bits per heavy atom. The molecule has 6 heteroatoms. The van der Waals surface area contributed by atoms with Gasteiger partial charge in [-0.05, 0) is 47.7 Å². The van der Waals surface area contributed by atoms with Crippen LogP contribution in [-0.4, -0.2) is 45.3 Å². The number of hydrogen-bond acceptors (Lipinski definition) is 4. The van der Waals surface area contributed by atoms with Crippen LogP contribution in [0.15, 0.2) is 41.4 Å². The van der Waals surface area contributed by atoms with Crippen LogP contribution in [0.1, 0.15) is 29.2 Å². The van der Waals surface area contributed by atoms with Gasteiger partial charge in [0.25, 0.3) is 0 Å². The van der Waals surface area contributed by atoms with Crippen LogP contribution in [0.2, 0.25) is 0 Å². The third-order valence-electron chi connectivity index (χ3n) is 5.25. The largest absolute Gasteiger partial charge is 0.493 e. The normalized spacial score (nSPS) is 13.8. The van der Waals surface area contributed by atoms with Crippen LogP contribution in [0.4, 0.5) is 0 Å². The Morgan fingerprint density at radius 3 is 2.41 bits per heavy atom. The zero-order valence-electron chi connectivity index (χ0n) is 17.8. The fourth-order valence-corrected chi connectivity index (χ4v) is 3.65. The quantitative estimate of drug-likeness (QED) is 0.573. The molecule has 0 unspecified atom stereocenters. The number of nitrogens with zero attached hydrogens (tertiary/aromatic N) is 2. The molecule has 1 N–H and O–H groups in total. The van der Waals surface area contributed by atoms with Gasteiger partial charge in [0, 0.05) is 33.3 Å². The predicted octanol–water partition coefficient (Wildman–Crippen LogP) is 3.37. The number of aliphatic imine (C=N–C) groups is 1. The fourth-order valence-electron chi connectivity index (χ4n) is 3.65. The molecule has 1 aliphatic rings. The maximum absolute atomic E-state index is 5.60. The molecule has 29 heavy (non-hydrogen) atoms. The lowest BCUT2D eigenvalue weighted by Gasteiger charge is -2.32. The van der Waals surface area contributed by atoms with Crippen LogP contribution in [-0.2, 0) is 30.9 Å². The van der Waals surface area contributed by atoms with Crippen LogP contribution in [0.25, 0.3) is 0 Å². The van der Waals surface area contributed by atoms with Crippen molar-refractivity contribution >= 4 is 5.96 Å². The molecule has 0 radical (unpaired) electrons. The molecule has 0 amide bonds. The molecule has 0 aliphatic carbocycles. The molecule has 2 aromatic carbocycles. The molecule has 0 spiro atoms. The highest BCUT2D eigenvalue weighted by molar-refractivity contribution is 5.80. The van der Waals surface area contributed by atoms with Gasteiger partial charge in [-0.15, -0.1) is 0 Å². The molecule has 1 heterocycles. The standard InChI is InChI=1S/C23H31N3O3/c1-5-29-16-19-9-7-6-8-18(19)14-25-23(24-2)26-11-10-17-12-21(27-3)22(28-4)13-20(17)15-26/h6-9,12-13H,5,10-11,14-16H2,1-4H3,(H,24,25). The number of methoxy groups -OCH3 is 2. The Kier molecular flexibility index (Phi) is 7.36. The molecule has 0 atom stereocenters. The van der Waals surface area contributed by atoms with Crippen molar-refractivity contribution < 1.29 is 14.2 Å². The summed E-state index contributed by atoms with van der Waals surface area (Å²) >= 11 is 0. The molecule has 0 saturated heterocycles. The van der Waals surface area contributed by atoms with Crippen molar-refractivity contribution in [2.24, 2.45) is 4.99 Å². The molecule has 0 saturated carbocycles. The number of fused-ring (bicyclic) bond motifs is 1. The molecule has 2 aromatic rings. The molecule has 0 bridgehead atoms. The predicted molar refractivity (Wildman–Crippen MR) is 116 cm³/mol. The summed E-state index contributed by atoms with van der Waals surface area (Å²) in [6.07, 6.45) is 0.942. The van der Waals surface area contributed by atoms with Gasteiger partial charge in [0.15, 0.2) is 17.5 Å². The first-order valence-corrected chi connectivity index (χ1v) is 10.0. The van der Waals surface area contributed by atoms with E-state index in [1.807, 2.05) is 14.0 Å². The van der Waals surface area contributed by atoms with Gasteiger partial charge in [-0.25, -0.2) is 0 Å². The Hall–Kier alpha value is -2.73. The number of rotatable bonds is 7. The van der Waals surface area contributed by atoms with E-state index >= 15 is 0 Å². The molecule has 3 rings (SSSR count). The van der Waals surface area contributed by atoms with Crippen molar-refractivity contribution in [3.05, 3.63) is 58.7 Å². The summed E-state index contributed by atoms with van der Waals surface area (Å²) in [7, 11) is 5.18. The first kappa shape index (κ1) is 21.0. The Labute approximate surface area is 173 Å². The van der Waals surface area contributed by atoms with Crippen molar-refractivity contribution in [3.63, 3.8) is 0 Å². The topological polar surface area (TPSA) is 55.3 Å². The zero-order chi connectivity index (χ0) is 20.6. The number of hydrogen-bond donors (Lipinski definition) is 1. The van der Waals surface area contributed by atoms with E-state index in [1.54, 1.807) is 14.2 Å². The highest BCUT2D eigenvalue weighted by Gasteiger charge is 2.21. The summed E-state index contributed by atoms with van der Waals surface area (Å²) in [4.78, 5) is 6.79. The van der Waals surface area contributed by atoms with E-state index in [0.29, 0.717) is 19.8 Å². The van der Waals surface area contributed by atoms with Gasteiger partial charge < -0.3 is 24.4 Å². The SMILES string of the molecule is CCOCc1ccccc1CNC(=NC)N1CCc2cc(OC)c(OC)cc2C1. The Bertz CT molecular complexity index is 851. The van der Waals surface area contributed by atoms with E-state index in [0.717, 1.165) is 37.0 Å². The monoisotopic (exact) mass is 397 g/mol. The smallest absolute Gasteiger partial charge is 0.194 e. The molecule has 6 nitrogen and oxygen atoms in total. The summed E-state index contributed by atoms with van der Waals surface area (Å²) in [6.45, 7) is 5.77. The van der Waals surface area contributed by atoms with E-state index in [2.05, 4.69) is 51.6 Å². The van der Waals surface area contributed by atoms with Crippen LogP contribution < -0.4 is 14.8 Å². The van der Waals surface area contributed by atoms with Gasteiger partial charge in [0.2, 0.25) is 0 Å². The Morgan fingerprint density at radius 1 is 1.07 bits per heavy atom. The molecular formula is C23H31N3O3. The minimum atomic E-state index is 0.631. The summed E-state index contributed by atoms with van der Waals surface area (Å²) in [5.41, 5.74) is 4.98. The first-order chi connectivity index (χ1) is 14.2. The van der Waals surface area contributed by atoms with Crippen molar-refractivity contribution in [1.82, 2.24) is 10.2 Å². The minimum absolute atomic E-state index is 0.631. The van der Waals surface area contributed by atoms with Gasteiger partial charge in [-0.3, -0.25) is 4.99 Å². The lowest BCUT2D eigenvalue weighted by Crippen LogP contribution is -2.43. The molecule has 0 fully saturated rings. The van der Waals surface area contributed by atoms with E-state index in [4.69, 9.17) is 14.2 Å². The molecular weight excluding hydrogens is 366 g/mol. The fraction of sp³-hybridized carbons (Fsp3) is 0.435. The first-order valence-electron chi connectivity index (χ1n) is 10.0. The Balaban J connectivity index is 1.69. The number of guanidine groups is 1. The van der Waals surface area contributed by atoms with Gasteiger partial charge in [-0.2, -0.15) is 0 Å². The van der Waals surface area contributed by atoms with E-state index in [1.165, 1.54) is 22.3 Å². The maximum Gasteiger partial charge on any atom is 0.194 e. The van der Waals surface area contributed by atoms with Crippen molar-refractivity contribution in [2.45, 2.75) is 33.0 Å². The van der Waals surface area contributed by atoms with Crippen LogP contribution >= 0.6 is 0 Å². The molecule has 0 aromatic heterocycles. The summed E-state index contributed by atoms with van der Waals surface area (Å²) in [6, 6.07) is 12.5. The molecule has 1 aliphatic heterocycles. The van der Waals surface area contributed by atoms with Gasteiger partial charge >= 0.3 is 0 Å². The van der Waals surface area contributed by atoms with E-state index in [9.17, 15) is 0 Å². The lowest BCUT2D eigenvalue weighted by molar-refractivity contribution is 0.133. The van der Waals surface area contributed by atoms with Crippen molar-refractivity contribution in [3.8, 4) is 11.5 Å². The number of benzene rings is 2. The highest BCUT2D eigenvalue weighted by atomic mass is 16.5. The van der Waals surface area contributed by atoms with Gasteiger partial charge in [-0.1, -0.05) is 24.3 Å². The van der Waals surface area contributed by atoms with Crippen molar-refractivity contribution in [2.75, 3.05) is 34.4 Å². The average Bonchev–Trinajstić information content (AvgIpc) is 2.77. The second-order valence-electron chi connectivity index (χ2n) is 6.95. The lowest BCUT2D eigenvalue weighted by atomic mass is 9.99. The van der Waals surface area contributed by atoms with E-state index < -0.39 is 0 Å². The minimum Gasteiger partial charge on any atom is -0.493 e. The summed E-state index contributed by atoms with van der Waals surface area (Å²) in [5.74, 6) is 2.45. The average molecular weight is 398 g/mol. The van der Waals surface area contributed by atoms with Gasteiger partial charge in [0.1, 0.15) is 0 Å². The summed E-state index contributed by atoms with van der Waals surface area (Å²) in [5, 5.41) is 3.52. The molecule has 156 valence electrons. The highest BCUT2D eigenvalue weighted by Crippen LogP contribution is 2.33. The second kappa shape index (κ2) is 10.2.